The third-order valence-electron chi connectivity index (χ3n) is 3.90. The van der Waals surface area contributed by atoms with Crippen LogP contribution in [0.4, 0.5) is 5.82 Å². The normalized spacial score (nSPS) is 11.8. The van der Waals surface area contributed by atoms with E-state index in [4.69, 9.17) is 0 Å². The molecule has 0 bridgehead atoms. The lowest BCUT2D eigenvalue weighted by Gasteiger charge is -2.27. The number of rotatable bonds is 6. The largest absolute Gasteiger partial charge is 0.481 e. The molecule has 0 aliphatic carbocycles. The molecule has 0 spiro atoms. The Morgan fingerprint density at radius 2 is 2.10 bits per heavy atom. The Morgan fingerprint density at radius 1 is 1.40 bits per heavy atom. The number of nitrogens with zero attached hydrogens (tertiary/aromatic N) is 4. The molecule has 2 rings (SSSR count). The van der Waals surface area contributed by atoms with Crippen LogP contribution < -0.4 is 5.32 Å². The second-order valence-electron chi connectivity index (χ2n) is 4.86. The van der Waals surface area contributed by atoms with Gasteiger partial charge in [-0.1, -0.05) is 13.8 Å². The molecule has 7 nitrogen and oxygen atoms in total. The van der Waals surface area contributed by atoms with E-state index in [0.717, 1.165) is 5.82 Å². The molecule has 0 saturated heterocycles. The fourth-order valence-corrected chi connectivity index (χ4v) is 2.20. The molecule has 2 aromatic rings. The van der Waals surface area contributed by atoms with Crippen LogP contribution in [0.3, 0.4) is 0 Å². The van der Waals surface area contributed by atoms with Gasteiger partial charge in [0.1, 0.15) is 5.82 Å². The molecule has 0 saturated carbocycles. The van der Waals surface area contributed by atoms with E-state index in [-0.39, 0.29) is 0 Å². The van der Waals surface area contributed by atoms with Crippen LogP contribution in [0, 0.1) is 12.3 Å². The van der Waals surface area contributed by atoms with E-state index in [1.165, 1.54) is 0 Å². The Balaban J connectivity index is 2.26. The molecule has 0 fully saturated rings. The van der Waals surface area contributed by atoms with Crippen molar-refractivity contribution < 1.29 is 9.90 Å². The van der Waals surface area contributed by atoms with Gasteiger partial charge in [0.05, 0.1) is 5.41 Å². The van der Waals surface area contributed by atoms with Crippen molar-refractivity contribution >= 4 is 17.4 Å². The number of nitrogens with one attached hydrogen (secondary N) is 1. The fraction of sp³-hybridized carbons (Fsp3) is 0.538. The molecule has 0 aliphatic rings. The molecule has 108 valence electrons. The maximum atomic E-state index is 11.5. The van der Waals surface area contributed by atoms with E-state index in [9.17, 15) is 9.90 Å². The van der Waals surface area contributed by atoms with Crippen LogP contribution in [0.25, 0.3) is 5.65 Å². The zero-order valence-corrected chi connectivity index (χ0v) is 11.9. The summed E-state index contributed by atoms with van der Waals surface area (Å²) in [4.78, 5) is 15.7. The zero-order valence-electron chi connectivity index (χ0n) is 11.9. The van der Waals surface area contributed by atoms with Crippen molar-refractivity contribution in [1.29, 1.82) is 0 Å². The molecule has 0 aromatic carbocycles. The second-order valence-corrected chi connectivity index (χ2v) is 4.86. The van der Waals surface area contributed by atoms with E-state index >= 15 is 0 Å². The molecular formula is C13H19N5O2. The fourth-order valence-electron chi connectivity index (χ4n) is 2.20. The number of aryl methyl sites for hydroxylation is 1. The Hall–Kier alpha value is -2.18. The van der Waals surface area contributed by atoms with Gasteiger partial charge in [-0.25, -0.2) is 4.98 Å². The van der Waals surface area contributed by atoms with Crippen LogP contribution in [0.5, 0.6) is 0 Å². The number of carboxylic acid groups (broad SMARTS) is 1. The lowest BCUT2D eigenvalue weighted by Crippen LogP contribution is -2.37. The van der Waals surface area contributed by atoms with Crippen molar-refractivity contribution in [1.82, 2.24) is 19.6 Å². The Labute approximate surface area is 117 Å². The molecule has 2 aromatic heterocycles. The lowest BCUT2D eigenvalue weighted by molar-refractivity contribution is -0.148. The predicted molar refractivity (Wildman–Crippen MR) is 74.7 cm³/mol. The molecule has 0 unspecified atom stereocenters. The first-order valence-corrected chi connectivity index (χ1v) is 6.67. The van der Waals surface area contributed by atoms with Gasteiger partial charge in [-0.2, -0.15) is 0 Å². The molecule has 20 heavy (non-hydrogen) atoms. The van der Waals surface area contributed by atoms with Crippen LogP contribution in [-0.2, 0) is 4.79 Å². The molecule has 7 heteroatoms. The number of carboxylic acids is 1. The number of carbonyl (C=O) groups is 1. The monoisotopic (exact) mass is 277 g/mol. The first-order valence-electron chi connectivity index (χ1n) is 6.67. The lowest BCUT2D eigenvalue weighted by atomic mass is 9.82. The van der Waals surface area contributed by atoms with Gasteiger partial charge in [-0.05, 0) is 19.8 Å². The van der Waals surface area contributed by atoms with E-state index in [1.54, 1.807) is 12.4 Å². The standard InChI is InChI=1S/C13H19N5O2/c1-4-13(5-2,12(19)20)8-15-10-11-17-16-9(3)18(11)7-6-14-10/h6-7H,4-5,8H2,1-3H3,(H,14,15)(H,19,20). The smallest absolute Gasteiger partial charge is 0.311 e. The molecule has 0 atom stereocenters. The summed E-state index contributed by atoms with van der Waals surface area (Å²) < 4.78 is 1.82. The minimum Gasteiger partial charge on any atom is -0.481 e. The molecular weight excluding hydrogens is 258 g/mol. The second kappa shape index (κ2) is 5.44. The van der Waals surface area contributed by atoms with Crippen molar-refractivity contribution in [2.45, 2.75) is 33.6 Å². The van der Waals surface area contributed by atoms with Crippen molar-refractivity contribution in [3.63, 3.8) is 0 Å². The average molecular weight is 277 g/mol. The summed E-state index contributed by atoms with van der Waals surface area (Å²) in [6, 6.07) is 0. The first-order chi connectivity index (χ1) is 9.54. The summed E-state index contributed by atoms with van der Waals surface area (Å²) in [5.74, 6) is 0.529. The molecule has 0 aliphatic heterocycles. The minimum atomic E-state index is -0.792. The highest BCUT2D eigenvalue weighted by Gasteiger charge is 2.34. The Morgan fingerprint density at radius 3 is 2.70 bits per heavy atom. The van der Waals surface area contributed by atoms with E-state index in [0.29, 0.717) is 30.9 Å². The van der Waals surface area contributed by atoms with Gasteiger partial charge in [0.15, 0.2) is 5.82 Å². The summed E-state index contributed by atoms with van der Waals surface area (Å²) in [6.45, 7) is 5.93. The SMILES string of the molecule is CCC(CC)(CNc1nccn2c(C)nnc12)C(=O)O. The van der Waals surface area contributed by atoms with Gasteiger partial charge in [-0.15, -0.1) is 10.2 Å². The maximum Gasteiger partial charge on any atom is 0.311 e. The zero-order chi connectivity index (χ0) is 14.8. The summed E-state index contributed by atoms with van der Waals surface area (Å²) in [6.07, 6.45) is 4.54. The van der Waals surface area contributed by atoms with Crippen molar-refractivity contribution in [3.8, 4) is 0 Å². The van der Waals surface area contributed by atoms with E-state index in [2.05, 4.69) is 20.5 Å². The molecule has 2 N–H and O–H groups in total. The number of fused-ring (bicyclic) bond motifs is 1. The summed E-state index contributed by atoms with van der Waals surface area (Å²) >= 11 is 0. The third-order valence-corrected chi connectivity index (χ3v) is 3.90. The highest BCUT2D eigenvalue weighted by molar-refractivity contribution is 5.75. The summed E-state index contributed by atoms with van der Waals surface area (Å²) in [5.41, 5.74) is -0.180. The Kier molecular flexibility index (Phi) is 3.87. The van der Waals surface area contributed by atoms with Gasteiger partial charge in [0, 0.05) is 18.9 Å². The Bertz CT molecular complexity index is 618. The highest BCUT2D eigenvalue weighted by atomic mass is 16.4. The van der Waals surface area contributed by atoms with Gasteiger partial charge in [0.2, 0.25) is 5.65 Å². The van der Waals surface area contributed by atoms with Crippen molar-refractivity contribution in [2.75, 3.05) is 11.9 Å². The van der Waals surface area contributed by atoms with Crippen LogP contribution in [-0.4, -0.2) is 37.2 Å². The van der Waals surface area contributed by atoms with Crippen molar-refractivity contribution in [2.24, 2.45) is 5.41 Å². The molecule has 0 radical (unpaired) electrons. The first kappa shape index (κ1) is 14.2. The number of hydrogen-bond acceptors (Lipinski definition) is 5. The minimum absolute atomic E-state index is 0.313. The quantitative estimate of drug-likeness (QED) is 0.835. The van der Waals surface area contributed by atoms with Gasteiger partial charge < -0.3 is 10.4 Å². The van der Waals surface area contributed by atoms with Crippen molar-refractivity contribution in [3.05, 3.63) is 18.2 Å². The average Bonchev–Trinajstić information content (AvgIpc) is 2.83. The third kappa shape index (κ3) is 2.31. The number of anilines is 1. The van der Waals surface area contributed by atoms with E-state index in [1.807, 2.05) is 25.2 Å². The highest BCUT2D eigenvalue weighted by Crippen LogP contribution is 2.27. The maximum absolute atomic E-state index is 11.5. The van der Waals surface area contributed by atoms with Crippen LogP contribution in [0.15, 0.2) is 12.4 Å². The number of aliphatic carboxylic acids is 1. The summed E-state index contributed by atoms with van der Waals surface area (Å²) in [5, 5.41) is 20.6. The van der Waals surface area contributed by atoms with Crippen LogP contribution in [0.1, 0.15) is 32.5 Å². The molecule has 2 heterocycles. The van der Waals surface area contributed by atoms with Crippen LogP contribution >= 0.6 is 0 Å². The van der Waals surface area contributed by atoms with Crippen LogP contribution in [0.2, 0.25) is 0 Å². The van der Waals surface area contributed by atoms with Gasteiger partial charge in [-0.3, -0.25) is 9.20 Å². The summed E-state index contributed by atoms with van der Waals surface area (Å²) in [7, 11) is 0. The number of hydrogen-bond donors (Lipinski definition) is 2. The van der Waals surface area contributed by atoms with Gasteiger partial charge in [0.25, 0.3) is 0 Å². The predicted octanol–water partition coefficient (Wildman–Crippen LogP) is 1.74. The molecule has 0 amide bonds. The van der Waals surface area contributed by atoms with E-state index < -0.39 is 11.4 Å². The number of aromatic nitrogens is 4. The topological polar surface area (TPSA) is 92.4 Å². The van der Waals surface area contributed by atoms with Gasteiger partial charge >= 0.3 is 5.97 Å².